The minimum Gasteiger partial charge on any atom is -0.494 e. The van der Waals surface area contributed by atoms with Gasteiger partial charge in [-0.1, -0.05) is 12.1 Å². The number of H-pyrrole nitrogens is 1. The number of anilines is 1. The molecule has 0 aliphatic carbocycles. The summed E-state index contributed by atoms with van der Waals surface area (Å²) in [6, 6.07) is 10.2. The molecule has 0 unspecified atom stereocenters. The van der Waals surface area contributed by atoms with Crippen LogP contribution in [-0.4, -0.2) is 34.5 Å². The number of pyridine rings is 1. The first-order chi connectivity index (χ1) is 13.1. The van der Waals surface area contributed by atoms with Gasteiger partial charge in [-0.2, -0.15) is 0 Å². The molecule has 0 aliphatic rings. The number of rotatable bonds is 6. The molecule has 0 saturated carbocycles. The van der Waals surface area contributed by atoms with E-state index in [2.05, 4.69) is 20.3 Å². The van der Waals surface area contributed by atoms with Crippen LogP contribution in [0.25, 0.3) is 11.1 Å². The van der Waals surface area contributed by atoms with Gasteiger partial charge in [-0.25, -0.2) is 4.98 Å². The van der Waals surface area contributed by atoms with Gasteiger partial charge in [0.25, 0.3) is 11.5 Å². The Bertz CT molecular complexity index is 999. The average Bonchev–Trinajstić information content (AvgIpc) is 2.67. The van der Waals surface area contributed by atoms with Crippen molar-refractivity contribution in [1.29, 1.82) is 0 Å². The quantitative estimate of drug-likeness (QED) is 0.607. The van der Waals surface area contributed by atoms with Gasteiger partial charge >= 0.3 is 0 Å². The molecule has 138 valence electrons. The van der Waals surface area contributed by atoms with Gasteiger partial charge in [0.15, 0.2) is 0 Å². The van der Waals surface area contributed by atoms with Crippen LogP contribution in [0.5, 0.6) is 5.75 Å². The molecule has 0 aliphatic heterocycles. The Morgan fingerprint density at radius 3 is 2.74 bits per heavy atom. The molecule has 8 heteroatoms. The normalized spacial score (nSPS) is 10.4. The van der Waals surface area contributed by atoms with Crippen LogP contribution >= 0.6 is 0 Å². The molecule has 1 amide bonds. The lowest BCUT2D eigenvalue weighted by Crippen LogP contribution is -2.26. The van der Waals surface area contributed by atoms with Gasteiger partial charge in [0.05, 0.1) is 13.3 Å². The van der Waals surface area contributed by atoms with Crippen molar-refractivity contribution in [2.24, 2.45) is 0 Å². The number of hydrogen-bond acceptors (Lipinski definition) is 6. The third kappa shape index (κ3) is 4.49. The van der Waals surface area contributed by atoms with Crippen LogP contribution in [0, 0.1) is 0 Å². The predicted molar refractivity (Wildman–Crippen MR) is 102 cm³/mol. The Balaban J connectivity index is 1.63. The highest BCUT2D eigenvalue weighted by molar-refractivity contribution is 5.94. The van der Waals surface area contributed by atoms with Gasteiger partial charge in [0.1, 0.15) is 17.4 Å². The predicted octanol–water partition coefficient (Wildman–Crippen LogP) is 1.40. The van der Waals surface area contributed by atoms with Crippen LogP contribution in [0.15, 0.2) is 53.6 Å². The third-order valence-corrected chi connectivity index (χ3v) is 3.92. The number of methoxy groups -OCH3 is 1. The van der Waals surface area contributed by atoms with Crippen molar-refractivity contribution in [1.82, 2.24) is 20.3 Å². The number of nitrogen functional groups attached to an aromatic ring is 1. The molecular formula is C19H19N5O3. The Hall–Kier alpha value is -3.68. The molecule has 3 aromatic rings. The molecule has 0 saturated heterocycles. The minimum atomic E-state index is -0.314. The van der Waals surface area contributed by atoms with E-state index in [0.717, 1.165) is 11.1 Å². The van der Waals surface area contributed by atoms with E-state index in [0.29, 0.717) is 30.1 Å². The summed E-state index contributed by atoms with van der Waals surface area (Å²) in [5.41, 5.74) is 7.57. The fourth-order valence-corrected chi connectivity index (χ4v) is 2.63. The zero-order valence-electron chi connectivity index (χ0n) is 14.7. The van der Waals surface area contributed by atoms with E-state index >= 15 is 0 Å². The van der Waals surface area contributed by atoms with Crippen molar-refractivity contribution >= 4 is 11.7 Å². The van der Waals surface area contributed by atoms with Gasteiger partial charge < -0.3 is 20.8 Å². The number of nitrogens with one attached hydrogen (secondary N) is 2. The summed E-state index contributed by atoms with van der Waals surface area (Å²) < 4.78 is 5.31. The highest BCUT2D eigenvalue weighted by Gasteiger charge is 2.09. The average molecular weight is 365 g/mol. The first-order valence-corrected chi connectivity index (χ1v) is 8.29. The lowest BCUT2D eigenvalue weighted by Gasteiger charge is -2.09. The first-order valence-electron chi connectivity index (χ1n) is 8.29. The van der Waals surface area contributed by atoms with Gasteiger partial charge in [-0.05, 0) is 23.8 Å². The van der Waals surface area contributed by atoms with Gasteiger partial charge in [-0.3, -0.25) is 14.6 Å². The summed E-state index contributed by atoms with van der Waals surface area (Å²) in [6.45, 7) is 0.325. The van der Waals surface area contributed by atoms with E-state index in [4.69, 9.17) is 10.5 Å². The molecule has 2 aromatic heterocycles. The molecule has 0 atom stereocenters. The Labute approximate surface area is 155 Å². The maximum Gasteiger partial charge on any atom is 0.252 e. The second kappa shape index (κ2) is 8.13. The number of nitrogens with zero attached hydrogens (tertiary/aromatic N) is 2. The van der Waals surface area contributed by atoms with Crippen LogP contribution in [0.4, 0.5) is 5.82 Å². The summed E-state index contributed by atoms with van der Waals surface area (Å²) in [5, 5.41) is 2.79. The first kappa shape index (κ1) is 18.1. The molecule has 0 radical (unpaired) electrons. The van der Waals surface area contributed by atoms with E-state index in [1.807, 2.05) is 18.2 Å². The second-order valence-electron chi connectivity index (χ2n) is 5.78. The fourth-order valence-electron chi connectivity index (χ4n) is 2.63. The number of aromatic nitrogens is 3. The lowest BCUT2D eigenvalue weighted by atomic mass is 10.0. The van der Waals surface area contributed by atoms with Crippen LogP contribution < -0.4 is 21.3 Å². The van der Waals surface area contributed by atoms with Crippen LogP contribution in [-0.2, 0) is 6.42 Å². The Morgan fingerprint density at radius 1 is 1.26 bits per heavy atom. The van der Waals surface area contributed by atoms with E-state index < -0.39 is 0 Å². The molecule has 1 aromatic carbocycles. The number of benzene rings is 1. The maximum atomic E-state index is 12.3. The number of aromatic amines is 1. The van der Waals surface area contributed by atoms with Crippen molar-refractivity contribution in [2.45, 2.75) is 6.42 Å². The van der Waals surface area contributed by atoms with Crippen molar-refractivity contribution in [3.63, 3.8) is 0 Å². The Kier molecular flexibility index (Phi) is 5.46. The van der Waals surface area contributed by atoms with Gasteiger partial charge in [-0.15, -0.1) is 0 Å². The fraction of sp³-hybridized carbons (Fsp3) is 0.158. The number of hydrogen-bond donors (Lipinski definition) is 3. The molecule has 4 N–H and O–H groups in total. The number of carbonyl (C=O) groups excluding carboxylic acids is 1. The number of nitrogens with two attached hydrogens (primary N) is 1. The molecule has 3 rings (SSSR count). The molecule has 27 heavy (non-hydrogen) atoms. The minimum absolute atomic E-state index is 0.155. The molecule has 8 nitrogen and oxygen atoms in total. The lowest BCUT2D eigenvalue weighted by molar-refractivity contribution is 0.0954. The molecule has 0 fully saturated rings. The summed E-state index contributed by atoms with van der Waals surface area (Å²) in [5.74, 6) is 1.04. The van der Waals surface area contributed by atoms with Crippen molar-refractivity contribution in [2.75, 3.05) is 19.4 Å². The van der Waals surface area contributed by atoms with Gasteiger partial charge in [0.2, 0.25) is 0 Å². The summed E-state index contributed by atoms with van der Waals surface area (Å²) in [7, 11) is 1.59. The van der Waals surface area contributed by atoms with Crippen LogP contribution in [0.1, 0.15) is 16.2 Å². The number of carbonyl (C=O) groups is 1. The zero-order valence-corrected chi connectivity index (χ0v) is 14.7. The molecule has 0 spiro atoms. The molecular weight excluding hydrogens is 346 g/mol. The van der Waals surface area contributed by atoms with E-state index in [1.54, 1.807) is 31.6 Å². The highest BCUT2D eigenvalue weighted by atomic mass is 16.5. The third-order valence-electron chi connectivity index (χ3n) is 3.92. The number of amides is 1. The van der Waals surface area contributed by atoms with Crippen molar-refractivity contribution < 1.29 is 9.53 Å². The standard InChI is InChI=1S/C19H19N5O3/c1-27-15-11-21-8-6-14(15)12-2-4-13(5-3-12)19(26)22-9-7-17-23-16(20)10-18(25)24-17/h2-6,8,10-11H,7,9H2,1H3,(H,22,26)(H3,20,23,24,25). The summed E-state index contributed by atoms with van der Waals surface area (Å²) in [4.78, 5) is 34.3. The second-order valence-corrected chi connectivity index (χ2v) is 5.78. The smallest absolute Gasteiger partial charge is 0.252 e. The Morgan fingerprint density at radius 2 is 2.04 bits per heavy atom. The van der Waals surface area contributed by atoms with Gasteiger partial charge in [0, 0.05) is 36.4 Å². The summed E-state index contributed by atoms with van der Waals surface area (Å²) >= 11 is 0. The molecule has 2 heterocycles. The monoisotopic (exact) mass is 365 g/mol. The van der Waals surface area contributed by atoms with E-state index in [1.165, 1.54) is 6.07 Å². The zero-order chi connectivity index (χ0) is 19.2. The highest BCUT2D eigenvalue weighted by Crippen LogP contribution is 2.28. The summed E-state index contributed by atoms with van der Waals surface area (Å²) in [6.07, 6.45) is 3.70. The topological polar surface area (TPSA) is 123 Å². The van der Waals surface area contributed by atoms with Crippen molar-refractivity contribution in [3.8, 4) is 16.9 Å². The van der Waals surface area contributed by atoms with Crippen molar-refractivity contribution in [3.05, 3.63) is 70.5 Å². The van der Waals surface area contributed by atoms with Crippen LogP contribution in [0.2, 0.25) is 0 Å². The van der Waals surface area contributed by atoms with Crippen LogP contribution in [0.3, 0.4) is 0 Å². The SMILES string of the molecule is COc1cnccc1-c1ccc(C(=O)NCCc2nc(N)cc(=O)[nH]2)cc1. The van der Waals surface area contributed by atoms with E-state index in [-0.39, 0.29) is 17.3 Å². The van der Waals surface area contributed by atoms with E-state index in [9.17, 15) is 9.59 Å². The molecule has 0 bridgehead atoms. The largest absolute Gasteiger partial charge is 0.494 e. The maximum absolute atomic E-state index is 12.3. The number of ether oxygens (including phenoxy) is 1.